The van der Waals surface area contributed by atoms with E-state index in [0.29, 0.717) is 5.69 Å². The number of nitrogens with one attached hydrogen (secondary N) is 1. The number of carboxylic acids is 2. The number of aromatic carboxylic acids is 2. The molecule has 0 fully saturated rings. The Morgan fingerprint density at radius 3 is 2.03 bits per heavy atom. The van der Waals surface area contributed by atoms with Crippen molar-refractivity contribution in [1.82, 2.24) is 9.78 Å². The fraction of sp³-hybridized carbons (Fsp3) is 0.111. The van der Waals surface area contributed by atoms with Crippen molar-refractivity contribution in [1.29, 1.82) is 0 Å². The fourth-order valence-corrected chi connectivity index (χ4v) is 3.75. The van der Waals surface area contributed by atoms with Crippen molar-refractivity contribution in [3.63, 3.8) is 0 Å². The van der Waals surface area contributed by atoms with Crippen molar-refractivity contribution in [2.75, 3.05) is 11.6 Å². The van der Waals surface area contributed by atoms with E-state index in [2.05, 4.69) is 10.2 Å². The van der Waals surface area contributed by atoms with Gasteiger partial charge in [0.05, 0.1) is 34.7 Å². The molecule has 0 bridgehead atoms. The first-order chi connectivity index (χ1) is 18.6. The van der Waals surface area contributed by atoms with E-state index in [-0.39, 0.29) is 46.1 Å². The minimum absolute atomic E-state index is 0.0147. The normalized spacial score (nSPS) is 14.2. The third-order valence-corrected chi connectivity index (χ3v) is 5.65. The number of anilines is 1. The van der Waals surface area contributed by atoms with Gasteiger partial charge in [-0.1, -0.05) is 6.08 Å². The molecular formula is C27H22N4O8. The quantitative estimate of drug-likeness (QED) is 0.354. The Labute approximate surface area is 220 Å². The molecule has 0 atom stereocenters. The van der Waals surface area contributed by atoms with Crippen LogP contribution in [0.25, 0.3) is 11.8 Å². The number of aromatic amines is 1. The zero-order chi connectivity index (χ0) is 28.3. The van der Waals surface area contributed by atoms with Crippen molar-refractivity contribution >= 4 is 41.1 Å². The Balaban J connectivity index is 1.67. The number of rotatable bonds is 9. The summed E-state index contributed by atoms with van der Waals surface area (Å²) < 4.78 is 6.74. The number of Topliss-reactive ketones (excluding diaryl/α,β-unsaturated/α-hetero) is 1. The molecule has 0 saturated heterocycles. The Hall–Kier alpha value is -5.52. The molecule has 0 aliphatic carbocycles. The summed E-state index contributed by atoms with van der Waals surface area (Å²) in [4.78, 5) is 60.7. The zero-order valence-corrected chi connectivity index (χ0v) is 20.7. The van der Waals surface area contributed by atoms with Crippen LogP contribution in [0.2, 0.25) is 0 Å². The summed E-state index contributed by atoms with van der Waals surface area (Å²) in [7, 11) is 0. The maximum atomic E-state index is 13.1. The highest BCUT2D eigenvalue weighted by Gasteiger charge is 2.33. The van der Waals surface area contributed by atoms with E-state index in [1.54, 1.807) is 6.92 Å². The molecule has 0 spiro atoms. The van der Waals surface area contributed by atoms with E-state index in [0.717, 1.165) is 5.01 Å². The molecule has 2 heterocycles. The summed E-state index contributed by atoms with van der Waals surface area (Å²) in [5.41, 5.74) is 0.272. The van der Waals surface area contributed by atoms with E-state index < -0.39 is 29.2 Å². The summed E-state index contributed by atoms with van der Waals surface area (Å²) in [6.07, 6.45) is 4.17. The van der Waals surface area contributed by atoms with Crippen LogP contribution in [0.4, 0.5) is 5.69 Å². The van der Waals surface area contributed by atoms with E-state index in [4.69, 9.17) is 14.9 Å². The van der Waals surface area contributed by atoms with E-state index in [1.807, 2.05) is 0 Å². The predicted molar refractivity (Wildman–Crippen MR) is 141 cm³/mol. The van der Waals surface area contributed by atoms with E-state index >= 15 is 0 Å². The number of hydrazone groups is 1. The average Bonchev–Trinajstić information content (AvgIpc) is 3.41. The molecule has 3 N–H and O–H groups in total. The number of aromatic nitrogens is 2. The first-order valence-electron chi connectivity index (χ1n) is 11.6. The lowest BCUT2D eigenvalue weighted by Gasteiger charge is -2.11. The number of carboxylic acid groups (broad SMARTS) is 2. The molecule has 2 aromatic carbocycles. The number of benzene rings is 2. The van der Waals surface area contributed by atoms with Gasteiger partial charge in [-0.3, -0.25) is 19.5 Å². The molecule has 4 rings (SSSR count). The van der Waals surface area contributed by atoms with Gasteiger partial charge in [0, 0.05) is 6.92 Å². The number of H-pyrrole nitrogens is 1. The molecule has 198 valence electrons. The van der Waals surface area contributed by atoms with Gasteiger partial charge in [-0.15, -0.1) is 0 Å². The third kappa shape index (κ3) is 5.30. The highest BCUT2D eigenvalue weighted by molar-refractivity contribution is 6.54. The molecule has 0 radical (unpaired) electrons. The maximum absolute atomic E-state index is 13.1. The van der Waals surface area contributed by atoms with Crippen LogP contribution in [-0.2, 0) is 9.59 Å². The summed E-state index contributed by atoms with van der Waals surface area (Å²) >= 11 is 0. The van der Waals surface area contributed by atoms with Crippen LogP contribution < -0.4 is 15.3 Å². The van der Waals surface area contributed by atoms with Crippen LogP contribution in [0.3, 0.4) is 0 Å². The van der Waals surface area contributed by atoms with Gasteiger partial charge >= 0.3 is 11.9 Å². The van der Waals surface area contributed by atoms with Crippen molar-refractivity contribution in [2.24, 2.45) is 5.10 Å². The van der Waals surface area contributed by atoms with Crippen molar-refractivity contribution in [3.05, 3.63) is 93.3 Å². The summed E-state index contributed by atoms with van der Waals surface area (Å²) in [6, 6.07) is 11.1. The van der Waals surface area contributed by atoms with Gasteiger partial charge in [0.1, 0.15) is 11.3 Å². The molecule has 1 aliphatic rings. The van der Waals surface area contributed by atoms with Gasteiger partial charge in [0.25, 0.3) is 11.5 Å². The summed E-state index contributed by atoms with van der Waals surface area (Å²) in [5, 5.41) is 26.1. The summed E-state index contributed by atoms with van der Waals surface area (Å²) in [6.45, 7) is 3.24. The van der Waals surface area contributed by atoms with Crippen LogP contribution in [0.15, 0.2) is 76.2 Å². The zero-order valence-electron chi connectivity index (χ0n) is 20.7. The van der Waals surface area contributed by atoms with Crippen molar-refractivity contribution in [2.45, 2.75) is 13.8 Å². The number of allylic oxidation sites excluding steroid dienone is 2. The lowest BCUT2D eigenvalue weighted by molar-refractivity contribution is -0.115. The highest BCUT2D eigenvalue weighted by atomic mass is 16.5. The van der Waals surface area contributed by atoms with Crippen LogP contribution >= 0.6 is 0 Å². The van der Waals surface area contributed by atoms with Gasteiger partial charge in [0.15, 0.2) is 5.78 Å². The topological polar surface area (TPSA) is 171 Å². The molecule has 1 amide bonds. The van der Waals surface area contributed by atoms with Crippen LogP contribution in [0.1, 0.15) is 40.1 Å². The molecule has 12 heteroatoms. The van der Waals surface area contributed by atoms with Crippen molar-refractivity contribution in [3.8, 4) is 11.6 Å². The number of carbonyl (C=O) groups excluding carboxylic acids is 2. The number of hydrogen-bond acceptors (Lipinski definition) is 7. The first kappa shape index (κ1) is 26.5. The lowest BCUT2D eigenvalue weighted by atomic mass is 10.1. The third-order valence-electron chi connectivity index (χ3n) is 5.65. The Bertz CT molecular complexity index is 1620. The molecule has 0 saturated carbocycles. The number of ketones is 1. The second kappa shape index (κ2) is 10.8. The van der Waals surface area contributed by atoms with Gasteiger partial charge in [-0.05, 0) is 67.6 Å². The van der Waals surface area contributed by atoms with Gasteiger partial charge in [0.2, 0.25) is 5.88 Å². The minimum atomic E-state index is -1.12. The molecule has 1 aliphatic heterocycles. The second-order valence-electron chi connectivity index (χ2n) is 8.19. The highest BCUT2D eigenvalue weighted by Crippen LogP contribution is 2.25. The smallest absolute Gasteiger partial charge is 0.335 e. The number of carbonyl (C=O) groups is 4. The predicted octanol–water partition coefficient (Wildman–Crippen LogP) is 2.89. The van der Waals surface area contributed by atoms with E-state index in [9.17, 15) is 24.0 Å². The molecule has 39 heavy (non-hydrogen) atoms. The number of hydrogen-bond donors (Lipinski definition) is 3. The van der Waals surface area contributed by atoms with Crippen LogP contribution in [-0.4, -0.2) is 55.9 Å². The SMILES string of the molecule is CCOc1[nH]n(-c2ccc(C(=O)O)cc2)c(=O)c1C=CC=C1C(=O)N(c2ccc(C(=O)O)cc2)N=C1C(C)=O. The second-order valence-corrected chi connectivity index (χ2v) is 8.19. The number of nitrogens with zero attached hydrogens (tertiary/aromatic N) is 3. The molecule has 12 nitrogen and oxygen atoms in total. The van der Waals surface area contributed by atoms with Gasteiger partial charge in [-0.25, -0.2) is 14.3 Å². The van der Waals surface area contributed by atoms with Gasteiger partial charge < -0.3 is 14.9 Å². The molecule has 3 aromatic rings. The fourth-order valence-electron chi connectivity index (χ4n) is 3.75. The number of ether oxygens (including phenoxy) is 1. The Kier molecular flexibility index (Phi) is 7.38. The van der Waals surface area contributed by atoms with E-state index in [1.165, 1.54) is 78.4 Å². The van der Waals surface area contributed by atoms with Crippen molar-refractivity contribution < 1.29 is 34.1 Å². The largest absolute Gasteiger partial charge is 0.478 e. The first-order valence-corrected chi connectivity index (χ1v) is 11.6. The molecule has 1 aromatic heterocycles. The minimum Gasteiger partial charge on any atom is -0.478 e. The summed E-state index contributed by atoms with van der Waals surface area (Å²) in [5.74, 6) is -3.14. The lowest BCUT2D eigenvalue weighted by Crippen LogP contribution is -2.22. The van der Waals surface area contributed by atoms with Gasteiger partial charge in [-0.2, -0.15) is 10.1 Å². The molecule has 0 unspecified atom stereocenters. The maximum Gasteiger partial charge on any atom is 0.335 e. The van der Waals surface area contributed by atoms with Crippen LogP contribution in [0.5, 0.6) is 5.88 Å². The van der Waals surface area contributed by atoms with Crippen LogP contribution in [0, 0.1) is 0 Å². The standard InChI is InChI=1S/C27H22N4O8/c1-3-39-23-21(25(34)31(29-23)19-13-9-17(10-14-19)27(37)38)6-4-5-20-22(15(2)32)28-30(24(20)33)18-11-7-16(8-12-18)26(35)36/h4-14,29H,3H2,1-2H3,(H,35,36)(H,37,38). The monoisotopic (exact) mass is 530 g/mol. The molecular weight excluding hydrogens is 508 g/mol. The Morgan fingerprint density at radius 2 is 1.51 bits per heavy atom. The Morgan fingerprint density at radius 1 is 0.949 bits per heavy atom. The number of amides is 1. The average molecular weight is 530 g/mol.